The van der Waals surface area contributed by atoms with Crippen molar-refractivity contribution in [2.45, 2.75) is 32.2 Å². The van der Waals surface area contributed by atoms with Crippen molar-refractivity contribution in [1.82, 2.24) is 5.01 Å². The van der Waals surface area contributed by atoms with Gasteiger partial charge in [-0.1, -0.05) is 6.92 Å². The molecule has 0 aromatic rings. The Bertz CT molecular complexity index is 208. The van der Waals surface area contributed by atoms with E-state index >= 15 is 0 Å². The van der Waals surface area contributed by atoms with Crippen LogP contribution in [-0.4, -0.2) is 23.2 Å². The van der Waals surface area contributed by atoms with Gasteiger partial charge in [0, 0.05) is 18.6 Å². The Morgan fingerprint density at radius 3 is 2.91 bits per heavy atom. The number of amides is 1. The summed E-state index contributed by atoms with van der Waals surface area (Å²) in [6.45, 7) is 2.02. The van der Waals surface area contributed by atoms with Crippen LogP contribution in [0.25, 0.3) is 0 Å². The first kappa shape index (κ1) is 6.83. The third-order valence-corrected chi connectivity index (χ3v) is 2.09. The van der Waals surface area contributed by atoms with Gasteiger partial charge in [0.25, 0.3) is 0 Å². The first-order chi connectivity index (χ1) is 5.27. The molecule has 1 saturated carbocycles. The van der Waals surface area contributed by atoms with E-state index in [0.717, 1.165) is 12.8 Å². The van der Waals surface area contributed by atoms with Gasteiger partial charge in [0.15, 0.2) is 0 Å². The monoisotopic (exact) mass is 152 g/mol. The molecule has 60 valence electrons. The van der Waals surface area contributed by atoms with Crippen molar-refractivity contribution in [2.24, 2.45) is 11.0 Å². The Morgan fingerprint density at radius 2 is 2.36 bits per heavy atom. The van der Waals surface area contributed by atoms with Gasteiger partial charge in [0.2, 0.25) is 5.91 Å². The smallest absolute Gasteiger partial charge is 0.243 e. The summed E-state index contributed by atoms with van der Waals surface area (Å²) in [6, 6.07) is 0.436. The maximum atomic E-state index is 11.3. The lowest BCUT2D eigenvalue weighted by Crippen LogP contribution is -2.33. The summed E-state index contributed by atoms with van der Waals surface area (Å²) in [5.41, 5.74) is 0. The summed E-state index contributed by atoms with van der Waals surface area (Å²) in [5.74, 6) is 0.528. The highest BCUT2D eigenvalue weighted by molar-refractivity contribution is 5.83. The number of rotatable bonds is 1. The number of hydrazone groups is 1. The van der Waals surface area contributed by atoms with Crippen LogP contribution in [-0.2, 0) is 4.79 Å². The largest absolute Gasteiger partial charge is 0.273 e. The summed E-state index contributed by atoms with van der Waals surface area (Å²) in [4.78, 5) is 11.3. The number of hydrogen-bond acceptors (Lipinski definition) is 2. The maximum Gasteiger partial charge on any atom is 0.243 e. The lowest BCUT2D eigenvalue weighted by atomic mass is 10.1. The molecule has 1 unspecified atom stereocenters. The summed E-state index contributed by atoms with van der Waals surface area (Å²) >= 11 is 0. The SMILES string of the molecule is CC1C=NN(C2CC2)C(=O)C1. The van der Waals surface area contributed by atoms with E-state index in [1.807, 2.05) is 13.1 Å². The zero-order valence-electron chi connectivity index (χ0n) is 6.66. The zero-order valence-corrected chi connectivity index (χ0v) is 6.66. The van der Waals surface area contributed by atoms with Crippen LogP contribution in [0.4, 0.5) is 0 Å². The van der Waals surface area contributed by atoms with Crippen LogP contribution in [0.3, 0.4) is 0 Å². The van der Waals surface area contributed by atoms with Crippen molar-refractivity contribution >= 4 is 12.1 Å². The van der Waals surface area contributed by atoms with Gasteiger partial charge in [-0.2, -0.15) is 5.10 Å². The second kappa shape index (κ2) is 2.32. The molecule has 3 heteroatoms. The molecule has 1 atom stereocenters. The van der Waals surface area contributed by atoms with E-state index in [2.05, 4.69) is 5.10 Å². The van der Waals surface area contributed by atoms with Gasteiger partial charge in [0.05, 0.1) is 6.04 Å². The van der Waals surface area contributed by atoms with E-state index in [1.165, 1.54) is 0 Å². The molecule has 2 rings (SSSR count). The molecular weight excluding hydrogens is 140 g/mol. The summed E-state index contributed by atoms with van der Waals surface area (Å²) in [7, 11) is 0. The molecule has 11 heavy (non-hydrogen) atoms. The summed E-state index contributed by atoms with van der Waals surface area (Å²) in [5, 5.41) is 5.77. The third-order valence-electron chi connectivity index (χ3n) is 2.09. The fourth-order valence-corrected chi connectivity index (χ4v) is 1.29. The van der Waals surface area contributed by atoms with E-state index in [9.17, 15) is 4.79 Å². The van der Waals surface area contributed by atoms with Gasteiger partial charge in [-0.05, 0) is 12.8 Å². The van der Waals surface area contributed by atoms with Crippen LogP contribution in [0, 0.1) is 5.92 Å². The molecule has 1 amide bonds. The van der Waals surface area contributed by atoms with Gasteiger partial charge in [-0.3, -0.25) is 4.79 Å². The average molecular weight is 152 g/mol. The predicted octanol–water partition coefficient (Wildman–Crippen LogP) is 1.00. The van der Waals surface area contributed by atoms with Crippen molar-refractivity contribution in [3.63, 3.8) is 0 Å². The van der Waals surface area contributed by atoms with E-state index in [-0.39, 0.29) is 5.91 Å². The molecule has 0 N–H and O–H groups in total. The summed E-state index contributed by atoms with van der Waals surface area (Å²) < 4.78 is 0. The molecule has 0 radical (unpaired) electrons. The standard InChI is InChI=1S/C8H12N2O/c1-6-4-8(11)10(9-5-6)7-2-3-7/h5-7H,2-4H2,1H3. The quantitative estimate of drug-likeness (QED) is 0.551. The fourth-order valence-electron chi connectivity index (χ4n) is 1.29. The van der Waals surface area contributed by atoms with Gasteiger partial charge in [0.1, 0.15) is 0 Å². The molecule has 0 aromatic carbocycles. The normalized spacial score (nSPS) is 31.2. The van der Waals surface area contributed by atoms with Crippen molar-refractivity contribution in [3.8, 4) is 0 Å². The predicted molar refractivity (Wildman–Crippen MR) is 42.1 cm³/mol. The average Bonchev–Trinajstić information content (AvgIpc) is 2.70. The Balaban J connectivity index is 2.09. The minimum Gasteiger partial charge on any atom is -0.273 e. The number of hydrogen-bond donors (Lipinski definition) is 0. The van der Waals surface area contributed by atoms with E-state index < -0.39 is 0 Å². The minimum atomic E-state index is 0.197. The van der Waals surface area contributed by atoms with Gasteiger partial charge in [-0.25, -0.2) is 5.01 Å². The van der Waals surface area contributed by atoms with E-state index in [1.54, 1.807) is 5.01 Å². The molecule has 1 aliphatic heterocycles. The van der Waals surface area contributed by atoms with Crippen LogP contribution in [0.2, 0.25) is 0 Å². The molecule has 1 aliphatic carbocycles. The Morgan fingerprint density at radius 1 is 1.64 bits per heavy atom. The molecule has 1 fully saturated rings. The molecule has 2 aliphatic rings. The highest BCUT2D eigenvalue weighted by Gasteiger charge is 2.34. The van der Waals surface area contributed by atoms with Crippen molar-refractivity contribution < 1.29 is 4.79 Å². The van der Waals surface area contributed by atoms with Crippen molar-refractivity contribution in [2.75, 3.05) is 0 Å². The Kier molecular flexibility index (Phi) is 1.44. The van der Waals surface area contributed by atoms with Gasteiger partial charge < -0.3 is 0 Å². The molecule has 3 nitrogen and oxygen atoms in total. The van der Waals surface area contributed by atoms with Crippen LogP contribution < -0.4 is 0 Å². The van der Waals surface area contributed by atoms with Crippen molar-refractivity contribution in [1.29, 1.82) is 0 Å². The summed E-state index contributed by atoms with van der Waals surface area (Å²) in [6.07, 6.45) is 4.79. The third kappa shape index (κ3) is 1.27. The Hall–Kier alpha value is -0.860. The lowest BCUT2D eigenvalue weighted by Gasteiger charge is -2.22. The van der Waals surface area contributed by atoms with Crippen LogP contribution in [0.1, 0.15) is 26.2 Å². The van der Waals surface area contributed by atoms with E-state index in [4.69, 9.17) is 0 Å². The zero-order chi connectivity index (χ0) is 7.84. The molecule has 0 saturated heterocycles. The molecule has 1 heterocycles. The van der Waals surface area contributed by atoms with Crippen LogP contribution in [0.15, 0.2) is 5.10 Å². The highest BCUT2D eigenvalue weighted by Crippen LogP contribution is 2.29. The maximum absolute atomic E-state index is 11.3. The molecule has 0 aromatic heterocycles. The highest BCUT2D eigenvalue weighted by atomic mass is 16.2. The topological polar surface area (TPSA) is 32.7 Å². The lowest BCUT2D eigenvalue weighted by molar-refractivity contribution is -0.133. The molecule has 0 spiro atoms. The van der Waals surface area contributed by atoms with Gasteiger partial charge >= 0.3 is 0 Å². The first-order valence-electron chi connectivity index (χ1n) is 4.13. The second-order valence-corrected chi connectivity index (χ2v) is 3.42. The van der Waals surface area contributed by atoms with Crippen molar-refractivity contribution in [3.05, 3.63) is 0 Å². The van der Waals surface area contributed by atoms with Crippen LogP contribution in [0.5, 0.6) is 0 Å². The van der Waals surface area contributed by atoms with E-state index in [0.29, 0.717) is 18.4 Å². The fraction of sp³-hybridized carbons (Fsp3) is 0.750. The van der Waals surface area contributed by atoms with Crippen LogP contribution >= 0.6 is 0 Å². The molecular formula is C8H12N2O. The molecule has 0 bridgehead atoms. The minimum absolute atomic E-state index is 0.197. The van der Waals surface area contributed by atoms with Gasteiger partial charge in [-0.15, -0.1) is 0 Å². The number of carbonyl (C=O) groups excluding carboxylic acids is 1. The number of nitrogens with zero attached hydrogens (tertiary/aromatic N) is 2. The number of carbonyl (C=O) groups is 1. The Labute approximate surface area is 66.1 Å². The first-order valence-corrected chi connectivity index (χ1v) is 4.13. The second-order valence-electron chi connectivity index (χ2n) is 3.42.